The second-order valence-electron chi connectivity index (χ2n) is 4.71. The fourth-order valence-electron chi connectivity index (χ4n) is 2.68. The van der Waals surface area contributed by atoms with E-state index in [4.69, 9.17) is 4.74 Å². The summed E-state index contributed by atoms with van der Waals surface area (Å²) >= 11 is 0. The van der Waals surface area contributed by atoms with E-state index < -0.39 is 0 Å². The van der Waals surface area contributed by atoms with Crippen molar-refractivity contribution in [2.75, 3.05) is 20.2 Å². The van der Waals surface area contributed by atoms with Crippen LogP contribution in [0.2, 0.25) is 0 Å². The Morgan fingerprint density at radius 2 is 2.39 bits per heavy atom. The van der Waals surface area contributed by atoms with Crippen LogP contribution in [0.3, 0.4) is 0 Å². The van der Waals surface area contributed by atoms with Gasteiger partial charge in [0.1, 0.15) is 0 Å². The number of aromatic nitrogens is 1. The molecule has 2 heterocycles. The summed E-state index contributed by atoms with van der Waals surface area (Å²) in [6, 6.07) is 1.54. The number of nitrogens with one attached hydrogen (secondary N) is 2. The third-order valence-corrected chi connectivity index (χ3v) is 3.52. The first-order valence-electron chi connectivity index (χ1n) is 6.40. The molecule has 1 aliphatic rings. The zero-order valence-electron chi connectivity index (χ0n) is 10.5. The van der Waals surface area contributed by atoms with Gasteiger partial charge in [0.15, 0.2) is 11.6 Å². The molecule has 0 atom stereocenters. The zero-order valence-corrected chi connectivity index (χ0v) is 10.5. The van der Waals surface area contributed by atoms with E-state index in [1.807, 2.05) is 13.2 Å². The lowest BCUT2D eigenvalue weighted by Gasteiger charge is -2.19. The summed E-state index contributed by atoms with van der Waals surface area (Å²) in [6.07, 6.45) is 4.78. The number of fused-ring (bicyclic) bond motifs is 3. The topological polar surface area (TPSA) is 37.0 Å². The average Bonchev–Trinajstić information content (AvgIpc) is 2.80. The van der Waals surface area contributed by atoms with E-state index in [1.54, 1.807) is 6.07 Å². The quantitative estimate of drug-likeness (QED) is 0.875. The number of aromatic amines is 1. The van der Waals surface area contributed by atoms with Gasteiger partial charge in [-0.2, -0.15) is 0 Å². The largest absolute Gasteiger partial charge is 0.490 e. The summed E-state index contributed by atoms with van der Waals surface area (Å²) < 4.78 is 19.4. The van der Waals surface area contributed by atoms with Crippen LogP contribution in [0, 0.1) is 5.82 Å². The SMILES string of the molecule is CNCCc1c[nH]c2cc(F)c3c(c12)CCCO3. The maximum absolute atomic E-state index is 13.9. The smallest absolute Gasteiger partial charge is 0.167 e. The predicted octanol–water partition coefficient (Wildman–Crippen LogP) is 2.39. The van der Waals surface area contributed by atoms with Crippen LogP contribution in [-0.2, 0) is 12.8 Å². The van der Waals surface area contributed by atoms with Crippen LogP contribution >= 0.6 is 0 Å². The molecule has 0 spiro atoms. The predicted molar refractivity (Wildman–Crippen MR) is 69.7 cm³/mol. The van der Waals surface area contributed by atoms with E-state index in [0.717, 1.165) is 42.3 Å². The highest BCUT2D eigenvalue weighted by atomic mass is 19.1. The third kappa shape index (κ3) is 1.77. The average molecular weight is 248 g/mol. The molecule has 1 aromatic heterocycles. The van der Waals surface area contributed by atoms with Gasteiger partial charge in [-0.1, -0.05) is 0 Å². The van der Waals surface area contributed by atoms with Crippen molar-refractivity contribution < 1.29 is 9.13 Å². The van der Waals surface area contributed by atoms with Gasteiger partial charge in [-0.05, 0) is 38.4 Å². The number of benzene rings is 1. The number of aryl methyl sites for hydroxylation is 1. The number of H-pyrrole nitrogens is 1. The van der Waals surface area contributed by atoms with E-state index in [-0.39, 0.29) is 5.82 Å². The summed E-state index contributed by atoms with van der Waals surface area (Å²) in [5, 5.41) is 4.30. The molecule has 1 aliphatic heterocycles. The van der Waals surface area contributed by atoms with E-state index in [9.17, 15) is 4.39 Å². The van der Waals surface area contributed by atoms with Crippen LogP contribution in [0.4, 0.5) is 4.39 Å². The second-order valence-corrected chi connectivity index (χ2v) is 4.71. The summed E-state index contributed by atoms with van der Waals surface area (Å²) in [5.41, 5.74) is 3.15. The molecule has 2 aromatic rings. The Labute approximate surface area is 105 Å². The number of rotatable bonds is 3. The maximum Gasteiger partial charge on any atom is 0.167 e. The van der Waals surface area contributed by atoms with Gasteiger partial charge in [0.25, 0.3) is 0 Å². The van der Waals surface area contributed by atoms with Crippen molar-refractivity contribution in [3.05, 3.63) is 29.2 Å². The summed E-state index contributed by atoms with van der Waals surface area (Å²) in [7, 11) is 1.94. The standard InChI is InChI=1S/C14H17FN2O/c1-16-5-4-9-8-17-12-7-11(15)14-10(13(9)12)3-2-6-18-14/h7-8,16-17H,2-6H2,1H3. The lowest BCUT2D eigenvalue weighted by molar-refractivity contribution is 0.274. The molecule has 0 amide bonds. The third-order valence-electron chi connectivity index (χ3n) is 3.52. The van der Waals surface area contributed by atoms with Crippen LogP contribution in [-0.4, -0.2) is 25.2 Å². The number of likely N-dealkylation sites (N-methyl/N-ethyl adjacent to an activating group) is 1. The number of hydrogen-bond donors (Lipinski definition) is 2. The molecule has 3 nitrogen and oxygen atoms in total. The first kappa shape index (κ1) is 11.5. The molecule has 1 aromatic carbocycles. The number of hydrogen-bond acceptors (Lipinski definition) is 2. The van der Waals surface area contributed by atoms with Gasteiger partial charge in [0.2, 0.25) is 0 Å². The van der Waals surface area contributed by atoms with Crippen molar-refractivity contribution in [1.82, 2.24) is 10.3 Å². The molecule has 0 saturated heterocycles. The van der Waals surface area contributed by atoms with Crippen molar-refractivity contribution in [3.8, 4) is 5.75 Å². The first-order valence-corrected chi connectivity index (χ1v) is 6.40. The van der Waals surface area contributed by atoms with Gasteiger partial charge in [-0.15, -0.1) is 0 Å². The van der Waals surface area contributed by atoms with E-state index in [1.165, 1.54) is 5.56 Å². The Morgan fingerprint density at radius 3 is 3.22 bits per heavy atom. The summed E-state index contributed by atoms with van der Waals surface area (Å²) in [6.45, 7) is 1.53. The van der Waals surface area contributed by atoms with Gasteiger partial charge < -0.3 is 15.0 Å². The molecular weight excluding hydrogens is 231 g/mol. The van der Waals surface area contributed by atoms with E-state index >= 15 is 0 Å². The van der Waals surface area contributed by atoms with Crippen LogP contribution in [0.1, 0.15) is 17.5 Å². The van der Waals surface area contributed by atoms with E-state index in [0.29, 0.717) is 12.4 Å². The fourth-order valence-corrected chi connectivity index (χ4v) is 2.68. The van der Waals surface area contributed by atoms with Crippen molar-refractivity contribution in [2.45, 2.75) is 19.3 Å². The highest BCUT2D eigenvalue weighted by molar-refractivity contribution is 5.89. The number of ether oxygens (including phenoxy) is 1. The molecule has 0 radical (unpaired) electrons. The van der Waals surface area contributed by atoms with Crippen molar-refractivity contribution >= 4 is 10.9 Å². The van der Waals surface area contributed by atoms with Crippen molar-refractivity contribution in [1.29, 1.82) is 0 Å². The van der Waals surface area contributed by atoms with Gasteiger partial charge in [0.05, 0.1) is 6.61 Å². The molecule has 3 rings (SSSR count). The number of halogens is 1. The maximum atomic E-state index is 13.9. The summed E-state index contributed by atoms with van der Waals surface area (Å²) in [5.74, 6) is 0.207. The van der Waals surface area contributed by atoms with Crippen molar-refractivity contribution in [2.24, 2.45) is 0 Å². The van der Waals surface area contributed by atoms with Gasteiger partial charge in [0, 0.05) is 28.7 Å². The van der Waals surface area contributed by atoms with Gasteiger partial charge in [-0.25, -0.2) is 4.39 Å². The van der Waals surface area contributed by atoms with Gasteiger partial charge >= 0.3 is 0 Å². The molecular formula is C14H17FN2O. The van der Waals surface area contributed by atoms with Crippen molar-refractivity contribution in [3.63, 3.8) is 0 Å². The fraction of sp³-hybridized carbons (Fsp3) is 0.429. The molecule has 4 heteroatoms. The Hall–Kier alpha value is -1.55. The van der Waals surface area contributed by atoms with Crippen LogP contribution in [0.25, 0.3) is 10.9 Å². The Balaban J connectivity index is 2.16. The lowest BCUT2D eigenvalue weighted by atomic mass is 9.98. The van der Waals surface area contributed by atoms with Crippen LogP contribution in [0.15, 0.2) is 12.3 Å². The molecule has 0 aliphatic carbocycles. The molecule has 2 N–H and O–H groups in total. The van der Waals surface area contributed by atoms with Gasteiger partial charge in [-0.3, -0.25) is 0 Å². The minimum absolute atomic E-state index is 0.251. The minimum Gasteiger partial charge on any atom is -0.490 e. The molecule has 0 saturated carbocycles. The second kappa shape index (κ2) is 4.61. The summed E-state index contributed by atoms with van der Waals surface area (Å²) in [4.78, 5) is 3.16. The monoisotopic (exact) mass is 248 g/mol. The molecule has 18 heavy (non-hydrogen) atoms. The Kier molecular flexibility index (Phi) is 2.96. The minimum atomic E-state index is -0.251. The Bertz CT molecular complexity index is 577. The van der Waals surface area contributed by atoms with Crippen LogP contribution < -0.4 is 10.1 Å². The normalized spacial score (nSPS) is 14.6. The molecule has 0 unspecified atom stereocenters. The highest BCUT2D eigenvalue weighted by Crippen LogP contribution is 2.36. The molecule has 96 valence electrons. The zero-order chi connectivity index (χ0) is 12.5. The molecule has 0 fully saturated rings. The first-order chi connectivity index (χ1) is 8.81. The molecule has 0 bridgehead atoms. The highest BCUT2D eigenvalue weighted by Gasteiger charge is 2.21. The lowest BCUT2D eigenvalue weighted by Crippen LogP contribution is -2.12. The van der Waals surface area contributed by atoms with E-state index in [2.05, 4.69) is 10.3 Å². The Morgan fingerprint density at radius 1 is 1.50 bits per heavy atom. The van der Waals surface area contributed by atoms with Crippen LogP contribution in [0.5, 0.6) is 5.75 Å².